The van der Waals surface area contributed by atoms with E-state index in [1.807, 2.05) is 0 Å². The first kappa shape index (κ1) is 12.4. The van der Waals surface area contributed by atoms with Crippen LogP contribution in [0.3, 0.4) is 0 Å². The first-order valence-electron chi connectivity index (χ1n) is 5.22. The summed E-state index contributed by atoms with van der Waals surface area (Å²) in [6.45, 7) is 0.00776. The lowest BCUT2D eigenvalue weighted by molar-refractivity contribution is 0.386. The number of benzene rings is 2. The lowest BCUT2D eigenvalue weighted by atomic mass is 10.2. The van der Waals surface area contributed by atoms with Crippen LogP contribution in [-0.2, 0) is 6.54 Å². The van der Waals surface area contributed by atoms with Gasteiger partial charge in [0.2, 0.25) is 0 Å². The first-order chi connectivity index (χ1) is 8.61. The summed E-state index contributed by atoms with van der Waals surface area (Å²) in [7, 11) is 0. The van der Waals surface area contributed by atoms with Gasteiger partial charge in [-0.1, -0.05) is 12.1 Å². The Morgan fingerprint density at radius 3 is 2.11 bits per heavy atom. The SMILES string of the molecule is NCc1cc(F)c(Oc2ccccc2F)c(F)c1. The maximum absolute atomic E-state index is 13.6. The fraction of sp³-hybridized carbons (Fsp3) is 0.0769. The van der Waals surface area contributed by atoms with Gasteiger partial charge in [-0.15, -0.1) is 0 Å². The molecule has 2 N–H and O–H groups in total. The number of ether oxygens (including phenoxy) is 1. The van der Waals surface area contributed by atoms with E-state index in [1.54, 1.807) is 0 Å². The van der Waals surface area contributed by atoms with Crippen LogP contribution in [0.2, 0.25) is 0 Å². The highest BCUT2D eigenvalue weighted by Crippen LogP contribution is 2.29. The molecule has 0 unspecified atom stereocenters. The number of hydrogen-bond donors (Lipinski definition) is 1. The molecule has 0 aliphatic carbocycles. The van der Waals surface area contributed by atoms with Gasteiger partial charge in [-0.05, 0) is 29.8 Å². The summed E-state index contributed by atoms with van der Waals surface area (Å²) >= 11 is 0. The molecule has 0 fully saturated rings. The molecule has 0 heterocycles. The van der Waals surface area contributed by atoms with Gasteiger partial charge in [-0.25, -0.2) is 13.2 Å². The smallest absolute Gasteiger partial charge is 0.198 e. The summed E-state index contributed by atoms with van der Waals surface area (Å²) in [5, 5.41) is 0. The van der Waals surface area contributed by atoms with E-state index in [4.69, 9.17) is 10.5 Å². The number of halogens is 3. The summed E-state index contributed by atoms with van der Waals surface area (Å²) in [5.74, 6) is -3.41. The van der Waals surface area contributed by atoms with Crippen molar-refractivity contribution in [2.75, 3.05) is 0 Å². The maximum atomic E-state index is 13.6. The summed E-state index contributed by atoms with van der Waals surface area (Å²) in [4.78, 5) is 0. The molecule has 0 saturated heterocycles. The van der Waals surface area contributed by atoms with Gasteiger partial charge in [-0.2, -0.15) is 0 Å². The fourth-order valence-corrected chi connectivity index (χ4v) is 1.47. The van der Waals surface area contributed by atoms with Crippen molar-refractivity contribution in [1.82, 2.24) is 0 Å². The third-order valence-electron chi connectivity index (χ3n) is 2.34. The Hall–Kier alpha value is -2.01. The first-order valence-corrected chi connectivity index (χ1v) is 5.22. The minimum atomic E-state index is -0.918. The Balaban J connectivity index is 2.38. The Bertz CT molecular complexity index is 549. The van der Waals surface area contributed by atoms with Crippen molar-refractivity contribution in [3.8, 4) is 11.5 Å². The summed E-state index contributed by atoms with van der Waals surface area (Å²) < 4.78 is 45.3. The standard InChI is InChI=1S/C13H10F3NO/c14-9-3-1-2-4-12(9)18-13-10(15)5-8(7-17)6-11(13)16/h1-6H,7,17H2. The lowest BCUT2D eigenvalue weighted by Gasteiger charge is -2.09. The molecular formula is C13H10F3NO. The van der Waals surface area contributed by atoms with Crippen molar-refractivity contribution < 1.29 is 17.9 Å². The van der Waals surface area contributed by atoms with Crippen LogP contribution in [0.5, 0.6) is 11.5 Å². The second-order valence-corrected chi connectivity index (χ2v) is 3.63. The lowest BCUT2D eigenvalue weighted by Crippen LogP contribution is -2.01. The normalized spacial score (nSPS) is 10.4. The fourth-order valence-electron chi connectivity index (χ4n) is 1.47. The van der Waals surface area contributed by atoms with Crippen LogP contribution in [0.25, 0.3) is 0 Å². The number of rotatable bonds is 3. The molecular weight excluding hydrogens is 243 g/mol. The average molecular weight is 253 g/mol. The second-order valence-electron chi connectivity index (χ2n) is 3.63. The zero-order chi connectivity index (χ0) is 13.1. The van der Waals surface area contributed by atoms with Gasteiger partial charge < -0.3 is 10.5 Å². The monoisotopic (exact) mass is 253 g/mol. The van der Waals surface area contributed by atoms with Crippen LogP contribution in [0, 0.1) is 17.5 Å². The van der Waals surface area contributed by atoms with Crippen LogP contribution in [0.15, 0.2) is 36.4 Å². The van der Waals surface area contributed by atoms with Crippen LogP contribution in [0.1, 0.15) is 5.56 Å². The highest BCUT2D eigenvalue weighted by molar-refractivity contribution is 5.36. The Kier molecular flexibility index (Phi) is 3.53. The predicted molar refractivity (Wildman–Crippen MR) is 60.7 cm³/mol. The highest BCUT2D eigenvalue weighted by atomic mass is 19.1. The number of nitrogens with two attached hydrogens (primary N) is 1. The van der Waals surface area contributed by atoms with Gasteiger partial charge in [-0.3, -0.25) is 0 Å². The number of hydrogen-bond acceptors (Lipinski definition) is 2. The van der Waals surface area contributed by atoms with E-state index < -0.39 is 23.2 Å². The van der Waals surface area contributed by atoms with Crippen LogP contribution < -0.4 is 10.5 Å². The molecule has 0 aliphatic rings. The highest BCUT2D eigenvalue weighted by Gasteiger charge is 2.14. The van der Waals surface area contributed by atoms with E-state index in [0.29, 0.717) is 5.56 Å². The van der Waals surface area contributed by atoms with Crippen molar-refractivity contribution >= 4 is 0 Å². The molecule has 2 rings (SSSR count). The van der Waals surface area contributed by atoms with E-state index in [-0.39, 0.29) is 12.3 Å². The van der Waals surface area contributed by atoms with E-state index in [9.17, 15) is 13.2 Å². The zero-order valence-corrected chi connectivity index (χ0v) is 9.29. The van der Waals surface area contributed by atoms with E-state index in [0.717, 1.165) is 18.2 Å². The minimum absolute atomic E-state index is 0.00776. The quantitative estimate of drug-likeness (QED) is 0.910. The van der Waals surface area contributed by atoms with Crippen LogP contribution >= 0.6 is 0 Å². The summed E-state index contributed by atoms with van der Waals surface area (Å²) in [6.07, 6.45) is 0. The molecule has 94 valence electrons. The summed E-state index contributed by atoms with van der Waals surface area (Å²) in [5.41, 5.74) is 5.58. The summed E-state index contributed by atoms with van der Waals surface area (Å²) in [6, 6.07) is 7.48. The van der Waals surface area contributed by atoms with Gasteiger partial charge in [0.15, 0.2) is 29.0 Å². The van der Waals surface area contributed by atoms with Crippen molar-refractivity contribution in [3.63, 3.8) is 0 Å². The molecule has 0 aromatic heterocycles. The molecule has 2 nitrogen and oxygen atoms in total. The van der Waals surface area contributed by atoms with E-state index in [1.165, 1.54) is 18.2 Å². The van der Waals surface area contributed by atoms with Crippen molar-refractivity contribution in [2.24, 2.45) is 5.73 Å². The molecule has 18 heavy (non-hydrogen) atoms. The van der Waals surface area contributed by atoms with Gasteiger partial charge in [0.25, 0.3) is 0 Å². The number of para-hydroxylation sites is 1. The molecule has 0 amide bonds. The third kappa shape index (κ3) is 2.46. The molecule has 0 radical (unpaired) electrons. The van der Waals surface area contributed by atoms with Gasteiger partial charge in [0.1, 0.15) is 0 Å². The Labute approximate surface area is 102 Å². The zero-order valence-electron chi connectivity index (χ0n) is 9.29. The van der Waals surface area contributed by atoms with E-state index >= 15 is 0 Å². The molecule has 0 saturated carbocycles. The van der Waals surface area contributed by atoms with Crippen molar-refractivity contribution in [3.05, 3.63) is 59.4 Å². The molecule has 2 aromatic carbocycles. The van der Waals surface area contributed by atoms with Crippen LogP contribution in [-0.4, -0.2) is 0 Å². The molecule has 2 aromatic rings. The Morgan fingerprint density at radius 2 is 1.56 bits per heavy atom. The molecule has 0 aliphatic heterocycles. The molecule has 5 heteroatoms. The van der Waals surface area contributed by atoms with Crippen molar-refractivity contribution in [2.45, 2.75) is 6.54 Å². The topological polar surface area (TPSA) is 35.2 Å². The van der Waals surface area contributed by atoms with Gasteiger partial charge in [0.05, 0.1) is 0 Å². The van der Waals surface area contributed by atoms with Crippen LogP contribution in [0.4, 0.5) is 13.2 Å². The van der Waals surface area contributed by atoms with Gasteiger partial charge >= 0.3 is 0 Å². The van der Waals surface area contributed by atoms with Crippen molar-refractivity contribution in [1.29, 1.82) is 0 Å². The molecule has 0 spiro atoms. The minimum Gasteiger partial charge on any atom is -0.448 e. The molecule has 0 atom stereocenters. The Morgan fingerprint density at radius 1 is 0.944 bits per heavy atom. The average Bonchev–Trinajstić information content (AvgIpc) is 2.35. The largest absolute Gasteiger partial charge is 0.448 e. The maximum Gasteiger partial charge on any atom is 0.198 e. The predicted octanol–water partition coefficient (Wildman–Crippen LogP) is 3.35. The van der Waals surface area contributed by atoms with Gasteiger partial charge in [0, 0.05) is 6.54 Å². The van der Waals surface area contributed by atoms with E-state index in [2.05, 4.69) is 0 Å². The third-order valence-corrected chi connectivity index (χ3v) is 2.34. The second kappa shape index (κ2) is 5.10. The molecule has 0 bridgehead atoms.